The molecule has 1 aliphatic rings. The third-order valence-electron chi connectivity index (χ3n) is 10.5. The smallest absolute Gasteiger partial charge is 0.0462 e. The van der Waals surface area contributed by atoms with Crippen LogP contribution in [-0.2, 0) is 5.41 Å². The Kier molecular flexibility index (Phi) is 7.21. The van der Waals surface area contributed by atoms with Gasteiger partial charge in [0.05, 0.1) is 0 Å². The van der Waals surface area contributed by atoms with Crippen LogP contribution in [0.25, 0.3) is 55.3 Å². The van der Waals surface area contributed by atoms with Crippen molar-refractivity contribution in [3.05, 3.63) is 199 Å². The molecule has 8 aromatic rings. The van der Waals surface area contributed by atoms with E-state index in [0.29, 0.717) is 0 Å². The van der Waals surface area contributed by atoms with Crippen molar-refractivity contribution in [2.45, 2.75) is 19.3 Å². The summed E-state index contributed by atoms with van der Waals surface area (Å²) in [5.74, 6) is 0. The number of hydrogen-bond donors (Lipinski definition) is 0. The summed E-state index contributed by atoms with van der Waals surface area (Å²) in [5.41, 5.74) is 16.2. The molecule has 1 nitrogen and oxygen atoms in total. The number of para-hydroxylation sites is 1. The SMILES string of the molecule is CC1(C)c2ccc(-c3ccc(N(c4ccccc4)c4ccc(-c5ccc(-c6ccccc6)cc5)cc4)cc3)cc2-c2cc3ccccc3cc21. The predicted octanol–water partition coefficient (Wildman–Crippen LogP) is 13.6. The lowest BCUT2D eigenvalue weighted by Crippen LogP contribution is -2.14. The van der Waals surface area contributed by atoms with Crippen molar-refractivity contribution in [2.24, 2.45) is 0 Å². The average Bonchev–Trinajstić information content (AvgIpc) is 3.40. The monoisotopic (exact) mass is 639 g/mol. The number of hydrogen-bond acceptors (Lipinski definition) is 1. The van der Waals surface area contributed by atoms with Crippen LogP contribution in [0.5, 0.6) is 0 Å². The number of anilines is 3. The van der Waals surface area contributed by atoms with Crippen molar-refractivity contribution in [2.75, 3.05) is 4.90 Å². The zero-order chi connectivity index (χ0) is 33.7. The topological polar surface area (TPSA) is 3.24 Å². The van der Waals surface area contributed by atoms with Gasteiger partial charge < -0.3 is 4.90 Å². The predicted molar refractivity (Wildman–Crippen MR) is 213 cm³/mol. The van der Waals surface area contributed by atoms with Gasteiger partial charge in [0.1, 0.15) is 0 Å². The summed E-state index contributed by atoms with van der Waals surface area (Å²) in [4.78, 5) is 2.33. The Balaban J connectivity index is 1.03. The maximum Gasteiger partial charge on any atom is 0.0462 e. The Morgan fingerprint density at radius 1 is 0.320 bits per heavy atom. The van der Waals surface area contributed by atoms with Crippen LogP contribution >= 0.6 is 0 Å². The van der Waals surface area contributed by atoms with E-state index in [2.05, 4.69) is 207 Å². The molecule has 0 fully saturated rings. The molecule has 0 spiro atoms. The Morgan fingerprint density at radius 3 is 1.30 bits per heavy atom. The van der Waals surface area contributed by atoms with Crippen molar-refractivity contribution in [1.82, 2.24) is 0 Å². The molecule has 0 unspecified atom stereocenters. The lowest BCUT2D eigenvalue weighted by atomic mass is 9.81. The van der Waals surface area contributed by atoms with Gasteiger partial charge >= 0.3 is 0 Å². The molecule has 0 aliphatic heterocycles. The van der Waals surface area contributed by atoms with Gasteiger partial charge in [-0.05, 0) is 121 Å². The fourth-order valence-electron chi connectivity index (χ4n) is 7.73. The first-order chi connectivity index (χ1) is 24.5. The Morgan fingerprint density at radius 2 is 0.720 bits per heavy atom. The van der Waals surface area contributed by atoms with Crippen LogP contribution in [0.4, 0.5) is 17.1 Å². The third kappa shape index (κ3) is 5.19. The number of rotatable bonds is 6. The van der Waals surface area contributed by atoms with E-state index >= 15 is 0 Å². The van der Waals surface area contributed by atoms with Gasteiger partial charge in [-0.15, -0.1) is 0 Å². The van der Waals surface area contributed by atoms with Crippen LogP contribution in [0.2, 0.25) is 0 Å². The first-order valence-electron chi connectivity index (χ1n) is 17.4. The maximum absolute atomic E-state index is 2.40. The van der Waals surface area contributed by atoms with E-state index in [4.69, 9.17) is 0 Å². The van der Waals surface area contributed by atoms with Gasteiger partial charge in [0.25, 0.3) is 0 Å². The molecule has 0 aromatic heterocycles. The highest BCUT2D eigenvalue weighted by Crippen LogP contribution is 2.51. The highest BCUT2D eigenvalue weighted by molar-refractivity contribution is 5.94. The highest BCUT2D eigenvalue weighted by atomic mass is 15.1. The minimum absolute atomic E-state index is 0.0333. The van der Waals surface area contributed by atoms with Crippen molar-refractivity contribution < 1.29 is 0 Å². The lowest BCUT2D eigenvalue weighted by molar-refractivity contribution is 0.661. The second-order valence-electron chi connectivity index (χ2n) is 13.8. The Hall–Kier alpha value is -6.18. The lowest BCUT2D eigenvalue weighted by Gasteiger charge is -2.26. The fraction of sp³-hybridized carbons (Fsp3) is 0.0612. The molecular weight excluding hydrogens is 603 g/mol. The van der Waals surface area contributed by atoms with Crippen LogP contribution in [0.15, 0.2) is 188 Å². The zero-order valence-corrected chi connectivity index (χ0v) is 28.3. The van der Waals surface area contributed by atoms with E-state index in [1.807, 2.05) is 0 Å². The van der Waals surface area contributed by atoms with E-state index in [9.17, 15) is 0 Å². The van der Waals surface area contributed by atoms with E-state index < -0.39 is 0 Å². The van der Waals surface area contributed by atoms with Gasteiger partial charge in [-0.2, -0.15) is 0 Å². The molecule has 0 saturated carbocycles. The summed E-state index contributed by atoms with van der Waals surface area (Å²) in [6, 6.07) is 68.4. The molecule has 8 aromatic carbocycles. The molecule has 0 radical (unpaired) electrons. The normalized spacial score (nSPS) is 12.8. The molecular formula is C49H37N. The van der Waals surface area contributed by atoms with Gasteiger partial charge in [-0.25, -0.2) is 0 Å². The van der Waals surface area contributed by atoms with Gasteiger partial charge in [-0.3, -0.25) is 0 Å². The third-order valence-corrected chi connectivity index (χ3v) is 10.5. The van der Waals surface area contributed by atoms with E-state index in [0.717, 1.165) is 17.1 Å². The standard InChI is InChI=1S/C49H37N/c1-49(2)47-30-25-41(32-45(47)46-31-39-13-9-10-14-40(39)33-48(46)49)38-23-28-44(29-24-38)50(42-15-7-4-8-16-42)43-26-21-37(22-27-43)36-19-17-35(18-20-36)34-11-5-3-6-12-34/h3-33H,1-2H3. The van der Waals surface area contributed by atoms with Gasteiger partial charge in [0.2, 0.25) is 0 Å². The van der Waals surface area contributed by atoms with Crippen molar-refractivity contribution in [3.63, 3.8) is 0 Å². The first kappa shape index (κ1) is 29.9. The number of nitrogens with zero attached hydrogens (tertiary/aromatic N) is 1. The van der Waals surface area contributed by atoms with Gasteiger partial charge in [0, 0.05) is 22.5 Å². The van der Waals surface area contributed by atoms with E-state index in [1.54, 1.807) is 0 Å². The van der Waals surface area contributed by atoms with Crippen LogP contribution in [-0.4, -0.2) is 0 Å². The van der Waals surface area contributed by atoms with Gasteiger partial charge in [0.15, 0.2) is 0 Å². The summed E-state index contributed by atoms with van der Waals surface area (Å²) in [6.07, 6.45) is 0. The molecule has 0 bridgehead atoms. The molecule has 1 heteroatoms. The molecule has 0 heterocycles. The minimum atomic E-state index is -0.0333. The highest BCUT2D eigenvalue weighted by Gasteiger charge is 2.35. The molecule has 0 atom stereocenters. The average molecular weight is 640 g/mol. The Labute approximate surface area is 294 Å². The first-order valence-corrected chi connectivity index (χ1v) is 17.4. The van der Waals surface area contributed by atoms with E-state index in [-0.39, 0.29) is 5.41 Å². The summed E-state index contributed by atoms with van der Waals surface area (Å²) >= 11 is 0. The number of fused-ring (bicyclic) bond motifs is 4. The molecule has 0 N–H and O–H groups in total. The van der Waals surface area contributed by atoms with Crippen LogP contribution in [0.3, 0.4) is 0 Å². The number of benzene rings is 8. The van der Waals surface area contributed by atoms with Crippen molar-refractivity contribution in [1.29, 1.82) is 0 Å². The zero-order valence-electron chi connectivity index (χ0n) is 28.3. The summed E-state index contributed by atoms with van der Waals surface area (Å²) < 4.78 is 0. The van der Waals surface area contributed by atoms with Crippen molar-refractivity contribution >= 4 is 27.8 Å². The summed E-state index contributed by atoms with van der Waals surface area (Å²) in [6.45, 7) is 4.71. The quantitative estimate of drug-likeness (QED) is 0.175. The molecule has 50 heavy (non-hydrogen) atoms. The molecule has 0 saturated heterocycles. The second kappa shape index (κ2) is 12.1. The molecule has 9 rings (SSSR count). The second-order valence-corrected chi connectivity index (χ2v) is 13.8. The Bertz CT molecular complexity index is 2460. The fourth-order valence-corrected chi connectivity index (χ4v) is 7.73. The summed E-state index contributed by atoms with van der Waals surface area (Å²) in [5, 5.41) is 2.60. The van der Waals surface area contributed by atoms with E-state index in [1.165, 1.54) is 66.4 Å². The van der Waals surface area contributed by atoms with Gasteiger partial charge in [-0.1, -0.05) is 147 Å². The minimum Gasteiger partial charge on any atom is -0.311 e. The van der Waals surface area contributed by atoms with Crippen molar-refractivity contribution in [3.8, 4) is 44.5 Å². The van der Waals surface area contributed by atoms with Crippen LogP contribution in [0, 0.1) is 0 Å². The largest absolute Gasteiger partial charge is 0.311 e. The van der Waals surface area contributed by atoms with Crippen LogP contribution < -0.4 is 4.90 Å². The molecule has 238 valence electrons. The van der Waals surface area contributed by atoms with Crippen LogP contribution in [0.1, 0.15) is 25.0 Å². The summed E-state index contributed by atoms with van der Waals surface area (Å²) in [7, 11) is 0. The maximum atomic E-state index is 2.40. The molecule has 0 amide bonds. The molecule has 1 aliphatic carbocycles.